The average molecular weight is 283 g/mol. The van der Waals surface area contributed by atoms with Crippen molar-refractivity contribution < 1.29 is 8.81 Å². The molecule has 0 bridgehead atoms. The van der Waals surface area contributed by atoms with Gasteiger partial charge in [-0.15, -0.1) is 0 Å². The summed E-state index contributed by atoms with van der Waals surface area (Å²) in [4.78, 5) is 0. The van der Waals surface area contributed by atoms with Crippen molar-refractivity contribution >= 4 is 11.0 Å². The lowest BCUT2D eigenvalue weighted by Gasteiger charge is -2.15. The van der Waals surface area contributed by atoms with E-state index in [1.807, 2.05) is 44.3 Å². The summed E-state index contributed by atoms with van der Waals surface area (Å²) in [6.45, 7) is 3.78. The van der Waals surface area contributed by atoms with Gasteiger partial charge in [0.1, 0.15) is 17.2 Å². The van der Waals surface area contributed by atoms with Crippen molar-refractivity contribution in [2.24, 2.45) is 0 Å². The second-order valence-corrected chi connectivity index (χ2v) is 5.34. The zero-order valence-corrected chi connectivity index (χ0v) is 12.4. The number of fused-ring (bicyclic) bond motifs is 1. The van der Waals surface area contributed by atoms with E-state index in [4.69, 9.17) is 4.42 Å². The van der Waals surface area contributed by atoms with Crippen molar-refractivity contribution in [1.82, 2.24) is 5.32 Å². The van der Waals surface area contributed by atoms with Crippen LogP contribution in [0.3, 0.4) is 0 Å². The normalized spacial score (nSPS) is 12.8. The molecular weight excluding hydrogens is 265 g/mol. The predicted molar refractivity (Wildman–Crippen MR) is 83.0 cm³/mol. The molecule has 3 rings (SSSR count). The first-order chi connectivity index (χ1) is 10.1. The highest BCUT2D eigenvalue weighted by Gasteiger charge is 2.21. The average Bonchev–Trinajstić information content (AvgIpc) is 2.89. The van der Waals surface area contributed by atoms with Crippen LogP contribution in [0.1, 0.15) is 28.5 Å². The Labute approximate surface area is 123 Å². The Morgan fingerprint density at radius 2 is 1.76 bits per heavy atom. The van der Waals surface area contributed by atoms with E-state index < -0.39 is 0 Å². The number of nitrogens with one attached hydrogen (secondary N) is 1. The van der Waals surface area contributed by atoms with Crippen LogP contribution in [0.25, 0.3) is 11.0 Å². The molecule has 108 valence electrons. The molecule has 0 saturated carbocycles. The number of furan rings is 1. The Morgan fingerprint density at radius 1 is 1.05 bits per heavy atom. The van der Waals surface area contributed by atoms with E-state index >= 15 is 0 Å². The van der Waals surface area contributed by atoms with Gasteiger partial charge in [-0.05, 0) is 38.1 Å². The van der Waals surface area contributed by atoms with E-state index in [0.717, 1.165) is 22.3 Å². The van der Waals surface area contributed by atoms with E-state index in [1.165, 1.54) is 0 Å². The van der Waals surface area contributed by atoms with Crippen LogP contribution < -0.4 is 5.32 Å². The van der Waals surface area contributed by atoms with Crippen LogP contribution in [0.4, 0.5) is 4.39 Å². The fourth-order valence-electron chi connectivity index (χ4n) is 2.72. The topological polar surface area (TPSA) is 25.2 Å². The first-order valence-electron chi connectivity index (χ1n) is 7.03. The van der Waals surface area contributed by atoms with Crippen LogP contribution in [0.2, 0.25) is 0 Å². The third-order valence-corrected chi connectivity index (χ3v) is 3.87. The number of hydrogen-bond acceptors (Lipinski definition) is 2. The van der Waals surface area contributed by atoms with E-state index in [1.54, 1.807) is 19.1 Å². The summed E-state index contributed by atoms with van der Waals surface area (Å²) in [6.07, 6.45) is 0. The lowest BCUT2D eigenvalue weighted by Crippen LogP contribution is -2.18. The van der Waals surface area contributed by atoms with Gasteiger partial charge in [0.05, 0.1) is 6.04 Å². The van der Waals surface area contributed by atoms with Gasteiger partial charge >= 0.3 is 0 Å². The molecule has 1 aromatic heterocycles. The van der Waals surface area contributed by atoms with Gasteiger partial charge in [0.15, 0.2) is 0 Å². The SMILES string of the molecule is CNC(c1cc2cccc(C)c2o1)c1cccc(C)c1F. The quantitative estimate of drug-likeness (QED) is 0.765. The number of benzene rings is 2. The summed E-state index contributed by atoms with van der Waals surface area (Å²) >= 11 is 0. The third-order valence-electron chi connectivity index (χ3n) is 3.87. The molecule has 1 atom stereocenters. The first-order valence-corrected chi connectivity index (χ1v) is 7.03. The minimum atomic E-state index is -0.295. The van der Waals surface area contributed by atoms with Gasteiger partial charge in [-0.3, -0.25) is 0 Å². The molecule has 0 radical (unpaired) electrons. The fourth-order valence-corrected chi connectivity index (χ4v) is 2.72. The Bertz CT molecular complexity index is 791. The molecule has 1 N–H and O–H groups in total. The molecule has 3 heteroatoms. The second kappa shape index (κ2) is 5.34. The maximum Gasteiger partial charge on any atom is 0.137 e. The molecule has 0 aliphatic rings. The molecule has 21 heavy (non-hydrogen) atoms. The highest BCUT2D eigenvalue weighted by molar-refractivity contribution is 5.81. The fraction of sp³-hybridized carbons (Fsp3) is 0.222. The summed E-state index contributed by atoms with van der Waals surface area (Å²) in [5, 5.41) is 4.19. The maximum absolute atomic E-state index is 14.4. The van der Waals surface area contributed by atoms with Gasteiger partial charge < -0.3 is 9.73 Å². The predicted octanol–water partition coefficient (Wildman–Crippen LogP) is 4.50. The molecule has 3 aromatic rings. The molecule has 0 amide bonds. The summed E-state index contributed by atoms with van der Waals surface area (Å²) < 4.78 is 20.3. The molecule has 0 spiro atoms. The molecule has 2 aromatic carbocycles. The van der Waals surface area contributed by atoms with Gasteiger partial charge in [-0.1, -0.05) is 36.4 Å². The monoisotopic (exact) mass is 283 g/mol. The summed E-state index contributed by atoms with van der Waals surface area (Å²) in [6, 6.07) is 13.1. The summed E-state index contributed by atoms with van der Waals surface area (Å²) in [5.41, 5.74) is 3.19. The molecule has 1 unspecified atom stereocenters. The number of rotatable bonds is 3. The molecule has 0 aliphatic carbocycles. The van der Waals surface area contributed by atoms with E-state index in [0.29, 0.717) is 11.1 Å². The van der Waals surface area contributed by atoms with Crippen molar-refractivity contribution in [3.63, 3.8) is 0 Å². The number of hydrogen-bond donors (Lipinski definition) is 1. The van der Waals surface area contributed by atoms with E-state index in [9.17, 15) is 4.39 Å². The zero-order valence-electron chi connectivity index (χ0n) is 12.4. The van der Waals surface area contributed by atoms with Crippen molar-refractivity contribution in [3.05, 3.63) is 70.7 Å². The lowest BCUT2D eigenvalue weighted by molar-refractivity contribution is 0.474. The Morgan fingerprint density at radius 3 is 2.48 bits per heavy atom. The molecule has 0 aliphatic heterocycles. The first kappa shape index (κ1) is 13.8. The highest BCUT2D eigenvalue weighted by atomic mass is 19.1. The van der Waals surface area contributed by atoms with Gasteiger partial charge in [-0.25, -0.2) is 4.39 Å². The van der Waals surface area contributed by atoms with Gasteiger partial charge in [-0.2, -0.15) is 0 Å². The van der Waals surface area contributed by atoms with Crippen LogP contribution in [0, 0.1) is 19.7 Å². The Kier molecular flexibility index (Phi) is 3.52. The van der Waals surface area contributed by atoms with Crippen LogP contribution in [-0.4, -0.2) is 7.05 Å². The minimum absolute atomic E-state index is 0.186. The smallest absolute Gasteiger partial charge is 0.137 e. The number of halogens is 1. The molecule has 1 heterocycles. The van der Waals surface area contributed by atoms with Crippen molar-refractivity contribution in [2.45, 2.75) is 19.9 Å². The Balaban J connectivity index is 2.14. The lowest BCUT2D eigenvalue weighted by atomic mass is 10.0. The molecular formula is C18H18FNO. The van der Waals surface area contributed by atoms with Crippen LogP contribution >= 0.6 is 0 Å². The standard InChI is InChI=1S/C18H18FNO/c1-11-6-5-9-14(16(11)19)17(20-3)15-10-13-8-4-7-12(2)18(13)21-15/h4-10,17,20H,1-3H3. The third kappa shape index (κ3) is 2.34. The number of para-hydroxylation sites is 1. The molecule has 0 saturated heterocycles. The molecule has 2 nitrogen and oxygen atoms in total. The Hall–Kier alpha value is -2.13. The number of aryl methyl sites for hydroxylation is 2. The second-order valence-electron chi connectivity index (χ2n) is 5.34. The van der Waals surface area contributed by atoms with Crippen molar-refractivity contribution in [2.75, 3.05) is 7.05 Å². The maximum atomic E-state index is 14.4. The van der Waals surface area contributed by atoms with E-state index in [-0.39, 0.29) is 11.9 Å². The summed E-state index contributed by atoms with van der Waals surface area (Å²) in [5.74, 6) is 0.542. The zero-order chi connectivity index (χ0) is 15.0. The van der Waals surface area contributed by atoms with Crippen molar-refractivity contribution in [3.8, 4) is 0 Å². The minimum Gasteiger partial charge on any atom is -0.459 e. The largest absolute Gasteiger partial charge is 0.459 e. The van der Waals surface area contributed by atoms with Gasteiger partial charge in [0, 0.05) is 10.9 Å². The van der Waals surface area contributed by atoms with Gasteiger partial charge in [0.2, 0.25) is 0 Å². The highest BCUT2D eigenvalue weighted by Crippen LogP contribution is 2.31. The van der Waals surface area contributed by atoms with Gasteiger partial charge in [0.25, 0.3) is 0 Å². The van der Waals surface area contributed by atoms with Crippen LogP contribution in [0.15, 0.2) is 46.9 Å². The summed E-state index contributed by atoms with van der Waals surface area (Å²) in [7, 11) is 1.81. The van der Waals surface area contributed by atoms with Crippen LogP contribution in [-0.2, 0) is 0 Å². The molecule has 0 fully saturated rings. The van der Waals surface area contributed by atoms with Crippen LogP contribution in [0.5, 0.6) is 0 Å². The van der Waals surface area contributed by atoms with Crippen molar-refractivity contribution in [1.29, 1.82) is 0 Å². The van der Waals surface area contributed by atoms with E-state index in [2.05, 4.69) is 5.32 Å².